The van der Waals surface area contributed by atoms with Crippen LogP contribution in [0.15, 0.2) is 23.3 Å². The van der Waals surface area contributed by atoms with E-state index in [4.69, 9.17) is 5.73 Å². The lowest BCUT2D eigenvalue weighted by atomic mass is 10.00. The number of amides is 3. The van der Waals surface area contributed by atoms with Crippen molar-refractivity contribution < 1.29 is 28.0 Å². The third kappa shape index (κ3) is 3.14. The van der Waals surface area contributed by atoms with E-state index in [0.29, 0.717) is 24.0 Å². The Morgan fingerprint density at radius 2 is 2.08 bits per heavy atom. The number of pyridine rings is 1. The zero-order chi connectivity index (χ0) is 18.4. The molecule has 2 aliphatic heterocycles. The third-order valence-electron chi connectivity index (χ3n) is 4.22. The van der Waals surface area contributed by atoms with Crippen molar-refractivity contribution in [1.29, 1.82) is 0 Å². The minimum Gasteiger partial charge on any atom is -0.385 e. The molecular weight excluding hydrogens is 343 g/mol. The van der Waals surface area contributed by atoms with Gasteiger partial charge in [0, 0.05) is 12.7 Å². The second kappa shape index (κ2) is 5.99. The predicted molar refractivity (Wildman–Crippen MR) is 77.7 cm³/mol. The summed E-state index contributed by atoms with van der Waals surface area (Å²) in [5.41, 5.74) is 4.54. The van der Waals surface area contributed by atoms with Gasteiger partial charge in [-0.3, -0.25) is 15.0 Å². The monoisotopic (exact) mass is 357 g/mol. The van der Waals surface area contributed by atoms with Crippen molar-refractivity contribution in [3.05, 3.63) is 29.6 Å². The maximum atomic E-state index is 12.5. The van der Waals surface area contributed by atoms with Crippen molar-refractivity contribution in [3.63, 3.8) is 0 Å². The van der Waals surface area contributed by atoms with Crippen LogP contribution in [0.4, 0.5) is 18.0 Å². The molecule has 11 heteroatoms. The highest BCUT2D eigenvalue weighted by Crippen LogP contribution is 2.29. The molecule has 134 valence electrons. The van der Waals surface area contributed by atoms with Crippen molar-refractivity contribution in [2.24, 2.45) is 10.7 Å². The van der Waals surface area contributed by atoms with Crippen LogP contribution in [0, 0.1) is 0 Å². The summed E-state index contributed by atoms with van der Waals surface area (Å²) < 4.78 is 37.4. The second-order valence-corrected chi connectivity index (χ2v) is 5.80. The Balaban J connectivity index is 1.76. The Morgan fingerprint density at radius 3 is 2.68 bits per heavy atom. The van der Waals surface area contributed by atoms with E-state index in [1.54, 1.807) is 0 Å². The first-order valence-corrected chi connectivity index (χ1v) is 7.39. The van der Waals surface area contributed by atoms with Crippen LogP contribution >= 0.6 is 0 Å². The maximum Gasteiger partial charge on any atom is 0.433 e. The first kappa shape index (κ1) is 17.1. The van der Waals surface area contributed by atoms with Gasteiger partial charge >= 0.3 is 12.2 Å². The van der Waals surface area contributed by atoms with E-state index in [1.807, 2.05) is 0 Å². The van der Waals surface area contributed by atoms with Crippen LogP contribution in [0.25, 0.3) is 0 Å². The lowest BCUT2D eigenvalue weighted by Crippen LogP contribution is -2.48. The molecule has 0 radical (unpaired) electrons. The van der Waals surface area contributed by atoms with Crippen LogP contribution in [-0.2, 0) is 6.18 Å². The minimum atomic E-state index is -4.60. The number of nitrogens with zero attached hydrogens (tertiary/aromatic N) is 4. The van der Waals surface area contributed by atoms with Crippen molar-refractivity contribution in [2.45, 2.75) is 31.1 Å². The van der Waals surface area contributed by atoms with Crippen LogP contribution in [-0.4, -0.2) is 56.6 Å². The van der Waals surface area contributed by atoms with E-state index in [2.05, 4.69) is 9.98 Å². The molecule has 0 unspecified atom stereocenters. The van der Waals surface area contributed by atoms with E-state index >= 15 is 0 Å². The molecule has 3 N–H and O–H groups in total. The standard InChI is InChI=1S/C14H14F3N5O3/c15-14(16,17)10-4-1-7(5-19-10)12(23)20-11(18)9-3-2-8-6-21(9)13(24)22(8)25/h1,4-5,8-9,25H,2-3,6H2,(H2,18,20,23)/t8-,9+/m1/s1. The van der Waals surface area contributed by atoms with Gasteiger partial charge in [-0.1, -0.05) is 0 Å². The molecule has 2 atom stereocenters. The molecule has 2 aliphatic rings. The largest absolute Gasteiger partial charge is 0.433 e. The molecule has 3 heterocycles. The number of halogens is 3. The average Bonchev–Trinajstić information content (AvgIpc) is 2.78. The minimum absolute atomic E-state index is 0.132. The number of carbonyl (C=O) groups excluding carboxylic acids is 2. The fraction of sp³-hybridized carbons (Fsp3) is 0.429. The molecule has 25 heavy (non-hydrogen) atoms. The van der Waals surface area contributed by atoms with Crippen molar-refractivity contribution in [1.82, 2.24) is 14.9 Å². The molecule has 1 aromatic rings. The van der Waals surface area contributed by atoms with Gasteiger partial charge in [0.05, 0.1) is 17.6 Å². The highest BCUT2D eigenvalue weighted by Gasteiger charge is 2.45. The van der Waals surface area contributed by atoms with Gasteiger partial charge in [0.15, 0.2) is 0 Å². The molecule has 0 aromatic carbocycles. The highest BCUT2D eigenvalue weighted by molar-refractivity contribution is 6.05. The molecular formula is C14H14F3N5O3. The second-order valence-electron chi connectivity index (χ2n) is 5.80. The number of nitrogens with two attached hydrogens (primary N) is 1. The number of hydrogen-bond acceptors (Lipinski definition) is 4. The van der Waals surface area contributed by atoms with E-state index in [-0.39, 0.29) is 24.0 Å². The fourth-order valence-corrected chi connectivity index (χ4v) is 2.90. The van der Waals surface area contributed by atoms with Crippen molar-refractivity contribution in [2.75, 3.05) is 6.54 Å². The molecule has 0 aliphatic carbocycles. The number of amidine groups is 1. The van der Waals surface area contributed by atoms with Crippen molar-refractivity contribution in [3.8, 4) is 0 Å². The summed E-state index contributed by atoms with van der Waals surface area (Å²) in [7, 11) is 0. The molecule has 3 amide bonds. The number of rotatable bonds is 2. The SMILES string of the molecule is NC(=NC(=O)c1ccc(C(F)(F)F)nc1)[C@@H]1CC[C@@H]2CN1C(=O)N2O. The molecule has 8 nitrogen and oxygen atoms in total. The lowest BCUT2D eigenvalue weighted by molar-refractivity contribution is -0.141. The van der Waals surface area contributed by atoms with Gasteiger partial charge in [-0.25, -0.2) is 9.86 Å². The van der Waals surface area contributed by atoms with E-state index in [0.717, 1.165) is 12.3 Å². The number of carbonyl (C=O) groups is 2. The first-order chi connectivity index (χ1) is 11.7. The van der Waals surface area contributed by atoms with E-state index in [1.165, 1.54) is 4.90 Å². The summed E-state index contributed by atoms with van der Waals surface area (Å²) in [6, 6.07) is 0.0630. The van der Waals surface area contributed by atoms with Crippen LogP contribution in [0.3, 0.4) is 0 Å². The number of urea groups is 1. The van der Waals surface area contributed by atoms with Crippen molar-refractivity contribution >= 4 is 17.8 Å². The van der Waals surface area contributed by atoms with Gasteiger partial charge in [-0.05, 0) is 25.0 Å². The smallest absolute Gasteiger partial charge is 0.385 e. The Morgan fingerprint density at radius 1 is 1.36 bits per heavy atom. The number of piperidine rings is 1. The molecule has 2 fully saturated rings. The first-order valence-electron chi connectivity index (χ1n) is 7.39. The molecule has 3 rings (SSSR count). The summed E-state index contributed by atoms with van der Waals surface area (Å²) in [6.07, 6.45) is -2.92. The number of hydroxylamine groups is 2. The summed E-state index contributed by atoms with van der Waals surface area (Å²) in [4.78, 5) is 32.1. The molecule has 0 saturated carbocycles. The topological polar surface area (TPSA) is 112 Å². The van der Waals surface area contributed by atoms with Crippen LogP contribution in [0.5, 0.6) is 0 Å². The summed E-state index contributed by atoms with van der Waals surface area (Å²) in [5.74, 6) is -0.986. The van der Waals surface area contributed by atoms with Crippen LogP contribution in [0.1, 0.15) is 28.9 Å². The number of fused-ring (bicyclic) bond motifs is 2. The summed E-state index contributed by atoms with van der Waals surface area (Å²) >= 11 is 0. The molecule has 2 bridgehead atoms. The van der Waals surface area contributed by atoms with Gasteiger partial charge in [0.2, 0.25) is 0 Å². The quantitative estimate of drug-likeness (QED) is 0.470. The number of aliphatic imine (C=N–C) groups is 1. The lowest BCUT2D eigenvalue weighted by Gasteiger charge is -2.29. The summed E-state index contributed by atoms with van der Waals surface area (Å²) in [6.45, 7) is 0.270. The van der Waals surface area contributed by atoms with E-state index in [9.17, 15) is 28.0 Å². The molecule has 2 saturated heterocycles. The number of hydrogen-bond donors (Lipinski definition) is 2. The van der Waals surface area contributed by atoms with Gasteiger partial charge in [0.1, 0.15) is 11.5 Å². The average molecular weight is 357 g/mol. The van der Waals surface area contributed by atoms with E-state index < -0.39 is 29.9 Å². The van der Waals surface area contributed by atoms with Crippen LogP contribution in [0.2, 0.25) is 0 Å². The fourth-order valence-electron chi connectivity index (χ4n) is 2.90. The molecule has 0 spiro atoms. The van der Waals surface area contributed by atoms with Gasteiger partial charge < -0.3 is 10.6 Å². The Labute approximate surface area is 139 Å². The normalized spacial score (nSPS) is 24.0. The summed E-state index contributed by atoms with van der Waals surface area (Å²) in [5, 5.41) is 10.2. The third-order valence-corrected chi connectivity index (χ3v) is 4.22. The van der Waals surface area contributed by atoms with Gasteiger partial charge in [-0.15, -0.1) is 0 Å². The Bertz CT molecular complexity index is 734. The Hall–Kier alpha value is -2.69. The predicted octanol–water partition coefficient (Wildman–Crippen LogP) is 1.26. The Kier molecular flexibility index (Phi) is 4.11. The number of alkyl halides is 3. The zero-order valence-corrected chi connectivity index (χ0v) is 12.8. The highest BCUT2D eigenvalue weighted by atomic mass is 19.4. The van der Waals surface area contributed by atoms with Gasteiger partial charge in [0.25, 0.3) is 5.91 Å². The number of aromatic nitrogens is 1. The van der Waals surface area contributed by atoms with Crippen LogP contribution < -0.4 is 5.73 Å². The maximum absolute atomic E-state index is 12.5. The molecule has 1 aromatic heterocycles. The zero-order valence-electron chi connectivity index (χ0n) is 12.8. The van der Waals surface area contributed by atoms with Gasteiger partial charge in [-0.2, -0.15) is 18.2 Å².